The van der Waals surface area contributed by atoms with Gasteiger partial charge >= 0.3 is 12.2 Å². The third kappa shape index (κ3) is 7.56. The maximum atomic E-state index is 12.4. The summed E-state index contributed by atoms with van der Waals surface area (Å²) in [7, 11) is 0. The molecule has 2 aliphatic rings. The van der Waals surface area contributed by atoms with Crippen molar-refractivity contribution in [2.24, 2.45) is 0 Å². The number of aryl methyl sites for hydroxylation is 1. The van der Waals surface area contributed by atoms with Crippen LogP contribution < -0.4 is 0 Å². The number of aromatic nitrogens is 3. The maximum absolute atomic E-state index is 12.4. The van der Waals surface area contributed by atoms with Crippen molar-refractivity contribution in [1.29, 1.82) is 0 Å². The van der Waals surface area contributed by atoms with Gasteiger partial charge in [-0.05, 0) is 101 Å². The largest absolute Gasteiger partial charge is 0.444 e. The number of carbonyl (C=O) groups is 2. The van der Waals surface area contributed by atoms with Crippen LogP contribution in [0.3, 0.4) is 0 Å². The van der Waals surface area contributed by atoms with Gasteiger partial charge in [0.25, 0.3) is 0 Å². The topological polar surface area (TPSA) is 89.8 Å². The van der Waals surface area contributed by atoms with E-state index in [4.69, 9.17) is 9.47 Å². The van der Waals surface area contributed by atoms with Gasteiger partial charge in [0.05, 0.1) is 11.9 Å². The van der Waals surface area contributed by atoms with E-state index in [-0.39, 0.29) is 12.2 Å². The predicted molar refractivity (Wildman–Crippen MR) is 172 cm³/mol. The van der Waals surface area contributed by atoms with E-state index < -0.39 is 11.2 Å². The molecule has 0 saturated carbocycles. The lowest BCUT2D eigenvalue weighted by molar-refractivity contribution is 0.0260. The summed E-state index contributed by atoms with van der Waals surface area (Å²) in [5.41, 5.74) is 7.65. The summed E-state index contributed by atoms with van der Waals surface area (Å²) in [6.07, 6.45) is 7.19. The zero-order chi connectivity index (χ0) is 31.6. The van der Waals surface area contributed by atoms with Crippen LogP contribution >= 0.6 is 0 Å². The Morgan fingerprint density at radius 1 is 0.750 bits per heavy atom. The minimum atomic E-state index is -0.500. The zero-order valence-electron chi connectivity index (χ0n) is 26.9. The Morgan fingerprint density at radius 3 is 1.80 bits per heavy atom. The predicted octanol–water partition coefficient (Wildman–Crippen LogP) is 7.29. The van der Waals surface area contributed by atoms with Gasteiger partial charge < -0.3 is 19.3 Å². The molecule has 0 atom stereocenters. The van der Waals surface area contributed by atoms with Crippen LogP contribution in [0.15, 0.2) is 60.8 Å². The normalized spacial score (nSPS) is 15.9. The average molecular weight is 598 g/mol. The lowest BCUT2D eigenvalue weighted by Crippen LogP contribution is -2.39. The highest BCUT2D eigenvalue weighted by Gasteiger charge is 2.25. The summed E-state index contributed by atoms with van der Waals surface area (Å²) in [6.45, 7) is 15.8. The van der Waals surface area contributed by atoms with Crippen LogP contribution in [0, 0.1) is 6.92 Å². The molecule has 0 N–H and O–H groups in total. The molecule has 2 aromatic carbocycles. The number of carbonyl (C=O) groups excluding carboxylic acids is 2. The number of ether oxygens (including phenoxy) is 2. The molecule has 0 fully saturated rings. The number of benzene rings is 2. The summed E-state index contributed by atoms with van der Waals surface area (Å²) in [6, 6.07) is 14.6. The highest BCUT2D eigenvalue weighted by molar-refractivity contribution is 5.75. The first-order valence-electron chi connectivity index (χ1n) is 15.2. The summed E-state index contributed by atoms with van der Waals surface area (Å²) in [4.78, 5) is 28.3. The molecule has 0 saturated heterocycles. The van der Waals surface area contributed by atoms with Crippen molar-refractivity contribution in [2.45, 2.75) is 72.5 Å². The summed E-state index contributed by atoms with van der Waals surface area (Å²) in [5.74, 6) is 0. The van der Waals surface area contributed by atoms with Gasteiger partial charge in [0.2, 0.25) is 0 Å². The molecule has 0 bridgehead atoms. The molecule has 5 rings (SSSR count). The molecule has 3 heterocycles. The lowest BCUT2D eigenvalue weighted by atomic mass is 9.95. The molecular formula is C35H43N5O4. The Morgan fingerprint density at radius 2 is 1.30 bits per heavy atom. The molecular weight excluding hydrogens is 554 g/mol. The van der Waals surface area contributed by atoms with Crippen LogP contribution in [-0.4, -0.2) is 74.4 Å². The van der Waals surface area contributed by atoms with Crippen LogP contribution in [0.1, 0.15) is 71.1 Å². The fraction of sp³-hybridized carbons (Fsp3) is 0.429. The van der Waals surface area contributed by atoms with Crippen molar-refractivity contribution >= 4 is 23.3 Å². The van der Waals surface area contributed by atoms with Crippen molar-refractivity contribution in [3.05, 3.63) is 77.5 Å². The van der Waals surface area contributed by atoms with Gasteiger partial charge in [0, 0.05) is 31.7 Å². The lowest BCUT2D eigenvalue weighted by Gasteiger charge is -2.30. The Hall–Kier alpha value is -4.40. The summed E-state index contributed by atoms with van der Waals surface area (Å²) >= 11 is 0. The molecule has 1 aromatic heterocycles. The number of hydrogen-bond acceptors (Lipinski definition) is 6. The molecule has 3 aromatic rings. The van der Waals surface area contributed by atoms with Gasteiger partial charge in [-0.1, -0.05) is 47.7 Å². The van der Waals surface area contributed by atoms with E-state index in [0.29, 0.717) is 26.2 Å². The van der Waals surface area contributed by atoms with Crippen molar-refractivity contribution in [1.82, 2.24) is 24.8 Å². The van der Waals surface area contributed by atoms with Crippen LogP contribution in [0.4, 0.5) is 9.59 Å². The van der Waals surface area contributed by atoms with E-state index >= 15 is 0 Å². The monoisotopic (exact) mass is 597 g/mol. The minimum Gasteiger partial charge on any atom is -0.444 e. The zero-order valence-corrected chi connectivity index (χ0v) is 26.9. The Labute approximate surface area is 260 Å². The minimum absolute atomic E-state index is 0.269. The second-order valence-electron chi connectivity index (χ2n) is 13.4. The van der Waals surface area contributed by atoms with Crippen molar-refractivity contribution in [3.8, 4) is 16.9 Å². The first kappa shape index (κ1) is 31.0. The highest BCUT2D eigenvalue weighted by atomic mass is 16.6. The third-order valence-electron chi connectivity index (χ3n) is 7.59. The van der Waals surface area contributed by atoms with Gasteiger partial charge in [-0.3, -0.25) is 0 Å². The van der Waals surface area contributed by atoms with Crippen molar-refractivity contribution in [2.75, 3.05) is 26.2 Å². The SMILES string of the molecule is Cc1cc(-n2cc(-c3ccc(C4=CCN(C(=O)OC(C)(C)C)CC4)cc3)nn2)ccc1C1=CCN(C(=O)OC(C)(C)C)CC1. The molecule has 0 aliphatic carbocycles. The second kappa shape index (κ2) is 12.3. The standard InChI is InChI=1S/C35H43N5O4/c1-24-22-29(12-13-30(24)27-16-20-39(21-17-27)33(42)44-35(5,6)7)40-23-31(36-37-40)28-10-8-25(9-11-28)26-14-18-38(19-15-26)32(41)43-34(2,3)4/h8-14,16,22-23H,15,17-21H2,1-7H3. The molecule has 232 valence electrons. The van der Waals surface area contributed by atoms with Crippen molar-refractivity contribution in [3.63, 3.8) is 0 Å². The maximum Gasteiger partial charge on any atom is 0.410 e. The molecule has 2 amide bonds. The van der Waals surface area contributed by atoms with Crippen molar-refractivity contribution < 1.29 is 19.1 Å². The first-order chi connectivity index (χ1) is 20.8. The van der Waals surface area contributed by atoms with E-state index in [2.05, 4.69) is 71.9 Å². The van der Waals surface area contributed by atoms with Gasteiger partial charge in [-0.25, -0.2) is 14.3 Å². The highest BCUT2D eigenvalue weighted by Crippen LogP contribution is 2.29. The Kier molecular flexibility index (Phi) is 8.68. The molecule has 2 aliphatic heterocycles. The fourth-order valence-electron chi connectivity index (χ4n) is 5.36. The number of nitrogens with zero attached hydrogens (tertiary/aromatic N) is 5. The van der Waals surface area contributed by atoms with E-state index in [1.165, 1.54) is 16.7 Å². The summed E-state index contributed by atoms with van der Waals surface area (Å²) < 4.78 is 12.8. The average Bonchev–Trinajstić information content (AvgIpc) is 3.46. The smallest absolute Gasteiger partial charge is 0.410 e. The number of amides is 2. The molecule has 9 heteroatoms. The summed E-state index contributed by atoms with van der Waals surface area (Å²) in [5, 5.41) is 8.84. The van der Waals surface area contributed by atoms with Crippen LogP contribution in [-0.2, 0) is 9.47 Å². The second-order valence-corrected chi connectivity index (χ2v) is 13.4. The Bertz CT molecular complexity index is 1590. The van der Waals surface area contributed by atoms with Gasteiger partial charge in [-0.2, -0.15) is 0 Å². The third-order valence-corrected chi connectivity index (χ3v) is 7.59. The molecule has 0 radical (unpaired) electrons. The molecule has 0 spiro atoms. The van der Waals surface area contributed by atoms with Crippen LogP contribution in [0.25, 0.3) is 28.1 Å². The van der Waals surface area contributed by atoms with E-state index in [1.54, 1.807) is 14.5 Å². The van der Waals surface area contributed by atoms with Gasteiger partial charge in [0.15, 0.2) is 0 Å². The van der Waals surface area contributed by atoms with E-state index in [9.17, 15) is 9.59 Å². The van der Waals surface area contributed by atoms with Gasteiger partial charge in [0.1, 0.15) is 16.9 Å². The van der Waals surface area contributed by atoms with E-state index in [1.807, 2.05) is 47.7 Å². The fourth-order valence-corrected chi connectivity index (χ4v) is 5.36. The Balaban J connectivity index is 1.22. The van der Waals surface area contributed by atoms with Crippen LogP contribution in [0.2, 0.25) is 0 Å². The van der Waals surface area contributed by atoms with Crippen LogP contribution in [0.5, 0.6) is 0 Å². The molecule has 44 heavy (non-hydrogen) atoms. The quantitative estimate of drug-likeness (QED) is 0.314. The van der Waals surface area contributed by atoms with Gasteiger partial charge in [-0.15, -0.1) is 5.10 Å². The number of rotatable bonds is 4. The molecule has 9 nitrogen and oxygen atoms in total. The molecule has 0 unspecified atom stereocenters. The number of hydrogen-bond donors (Lipinski definition) is 0. The first-order valence-corrected chi connectivity index (χ1v) is 15.2. The van der Waals surface area contributed by atoms with E-state index in [0.717, 1.165) is 40.9 Å².